The molecule has 0 saturated carbocycles. The zero-order valence-corrected chi connectivity index (χ0v) is 7.57. The zero-order valence-electron chi connectivity index (χ0n) is 6.81. The lowest BCUT2D eigenvalue weighted by Crippen LogP contribution is -1.92. The van der Waals surface area contributed by atoms with Crippen LogP contribution < -0.4 is 4.74 Å². The van der Waals surface area contributed by atoms with E-state index in [1.54, 1.807) is 13.3 Å². The molecule has 1 aromatic rings. The van der Waals surface area contributed by atoms with Gasteiger partial charge in [-0.3, -0.25) is 4.98 Å². The molecule has 11 heavy (non-hydrogen) atoms. The standard InChI is InChI=1S/C8H10ClNO/c1-5-4-10-6(2)8(11-3)7(5)9/h4H,1-3H3. The number of nitrogens with zero attached hydrogens (tertiary/aromatic N) is 1. The van der Waals surface area contributed by atoms with Crippen molar-refractivity contribution in [2.45, 2.75) is 13.8 Å². The fourth-order valence-electron chi connectivity index (χ4n) is 0.884. The maximum atomic E-state index is 5.93. The Labute approximate surface area is 71.2 Å². The molecule has 3 heteroatoms. The third-order valence-electron chi connectivity index (χ3n) is 1.53. The Kier molecular flexibility index (Phi) is 2.35. The first-order chi connectivity index (χ1) is 5.16. The third kappa shape index (κ3) is 1.46. The quantitative estimate of drug-likeness (QED) is 0.647. The van der Waals surface area contributed by atoms with E-state index >= 15 is 0 Å². The van der Waals surface area contributed by atoms with E-state index < -0.39 is 0 Å². The van der Waals surface area contributed by atoms with Crippen LogP contribution >= 0.6 is 11.6 Å². The predicted molar refractivity (Wildman–Crippen MR) is 45.3 cm³/mol. The topological polar surface area (TPSA) is 22.1 Å². The molecule has 1 aromatic heterocycles. The van der Waals surface area contributed by atoms with Crippen molar-refractivity contribution in [2.24, 2.45) is 0 Å². The first-order valence-electron chi connectivity index (χ1n) is 3.32. The fourth-order valence-corrected chi connectivity index (χ4v) is 1.15. The maximum Gasteiger partial charge on any atom is 0.158 e. The molecule has 0 aliphatic carbocycles. The van der Waals surface area contributed by atoms with Crippen LogP contribution in [0.3, 0.4) is 0 Å². The summed E-state index contributed by atoms with van der Waals surface area (Å²) in [4.78, 5) is 4.10. The van der Waals surface area contributed by atoms with E-state index in [1.807, 2.05) is 13.8 Å². The molecule has 1 heterocycles. The number of methoxy groups -OCH3 is 1. The van der Waals surface area contributed by atoms with Gasteiger partial charge in [0, 0.05) is 6.20 Å². The van der Waals surface area contributed by atoms with Crippen molar-refractivity contribution in [3.05, 3.63) is 22.5 Å². The van der Waals surface area contributed by atoms with Gasteiger partial charge in [-0.05, 0) is 19.4 Å². The van der Waals surface area contributed by atoms with Gasteiger partial charge in [-0.15, -0.1) is 0 Å². The number of aromatic nitrogens is 1. The van der Waals surface area contributed by atoms with E-state index in [1.165, 1.54) is 0 Å². The number of ether oxygens (including phenoxy) is 1. The van der Waals surface area contributed by atoms with Crippen molar-refractivity contribution in [3.63, 3.8) is 0 Å². The van der Waals surface area contributed by atoms with Gasteiger partial charge < -0.3 is 4.74 Å². The summed E-state index contributed by atoms with van der Waals surface area (Å²) in [6, 6.07) is 0. The summed E-state index contributed by atoms with van der Waals surface area (Å²) in [5, 5.41) is 0.653. The molecule has 0 fully saturated rings. The van der Waals surface area contributed by atoms with Crippen LogP contribution in [0.15, 0.2) is 6.20 Å². The van der Waals surface area contributed by atoms with Crippen LogP contribution in [0.5, 0.6) is 5.75 Å². The molecule has 1 rings (SSSR count). The fraction of sp³-hybridized carbons (Fsp3) is 0.375. The smallest absolute Gasteiger partial charge is 0.158 e. The first kappa shape index (κ1) is 8.34. The van der Waals surface area contributed by atoms with Gasteiger partial charge in [0.05, 0.1) is 17.8 Å². The van der Waals surface area contributed by atoms with Crippen LogP contribution in [0.25, 0.3) is 0 Å². The van der Waals surface area contributed by atoms with Gasteiger partial charge in [-0.1, -0.05) is 11.6 Å². The van der Waals surface area contributed by atoms with E-state index in [0.717, 1.165) is 11.3 Å². The van der Waals surface area contributed by atoms with E-state index in [-0.39, 0.29) is 0 Å². The zero-order chi connectivity index (χ0) is 8.43. The van der Waals surface area contributed by atoms with Gasteiger partial charge in [-0.25, -0.2) is 0 Å². The molecular formula is C8H10ClNO. The minimum atomic E-state index is 0.653. The normalized spacial score (nSPS) is 9.82. The Morgan fingerprint density at radius 2 is 2.09 bits per heavy atom. The number of pyridine rings is 1. The van der Waals surface area contributed by atoms with Crippen molar-refractivity contribution in [1.29, 1.82) is 0 Å². The molecule has 0 saturated heterocycles. The summed E-state index contributed by atoms with van der Waals surface area (Å²) >= 11 is 5.93. The van der Waals surface area contributed by atoms with E-state index in [9.17, 15) is 0 Å². The molecule has 0 bridgehead atoms. The number of halogens is 1. The second-order valence-electron chi connectivity index (χ2n) is 2.37. The molecule has 60 valence electrons. The van der Waals surface area contributed by atoms with Crippen LogP contribution in [0.2, 0.25) is 5.02 Å². The summed E-state index contributed by atoms with van der Waals surface area (Å²) in [7, 11) is 1.59. The molecule has 0 atom stereocenters. The minimum Gasteiger partial charge on any atom is -0.493 e. The first-order valence-corrected chi connectivity index (χ1v) is 3.70. The van der Waals surface area contributed by atoms with Crippen molar-refractivity contribution in [1.82, 2.24) is 4.98 Å². The number of hydrogen-bond acceptors (Lipinski definition) is 2. The molecule has 0 radical (unpaired) electrons. The van der Waals surface area contributed by atoms with Gasteiger partial charge in [0.15, 0.2) is 5.75 Å². The summed E-state index contributed by atoms with van der Waals surface area (Å²) in [6.45, 7) is 3.77. The Balaban J connectivity index is 3.29. The predicted octanol–water partition coefficient (Wildman–Crippen LogP) is 2.36. The summed E-state index contributed by atoms with van der Waals surface area (Å²) < 4.78 is 5.06. The average molecular weight is 172 g/mol. The van der Waals surface area contributed by atoms with E-state index in [2.05, 4.69) is 4.98 Å². The van der Waals surface area contributed by atoms with Crippen LogP contribution in [0, 0.1) is 13.8 Å². The SMILES string of the molecule is COc1c(C)ncc(C)c1Cl. The molecule has 0 unspecified atom stereocenters. The maximum absolute atomic E-state index is 5.93. The molecule has 0 spiro atoms. The third-order valence-corrected chi connectivity index (χ3v) is 2.00. The highest BCUT2D eigenvalue weighted by Gasteiger charge is 2.06. The Morgan fingerprint density at radius 3 is 2.55 bits per heavy atom. The lowest BCUT2D eigenvalue weighted by atomic mass is 10.2. The van der Waals surface area contributed by atoms with Crippen molar-refractivity contribution in [2.75, 3.05) is 7.11 Å². The number of hydrogen-bond donors (Lipinski definition) is 0. The second kappa shape index (κ2) is 3.09. The Morgan fingerprint density at radius 1 is 1.45 bits per heavy atom. The van der Waals surface area contributed by atoms with Crippen LogP contribution in [0.4, 0.5) is 0 Å². The van der Waals surface area contributed by atoms with Crippen LogP contribution in [-0.4, -0.2) is 12.1 Å². The lowest BCUT2D eigenvalue weighted by molar-refractivity contribution is 0.409. The minimum absolute atomic E-state index is 0.653. The molecule has 0 amide bonds. The van der Waals surface area contributed by atoms with Crippen molar-refractivity contribution < 1.29 is 4.74 Å². The molecule has 0 aliphatic heterocycles. The van der Waals surface area contributed by atoms with Gasteiger partial charge >= 0.3 is 0 Å². The summed E-state index contributed by atoms with van der Waals surface area (Å²) in [5.74, 6) is 0.673. The lowest BCUT2D eigenvalue weighted by Gasteiger charge is -2.06. The van der Waals surface area contributed by atoms with Crippen molar-refractivity contribution >= 4 is 11.6 Å². The van der Waals surface area contributed by atoms with Gasteiger partial charge in [0.25, 0.3) is 0 Å². The highest BCUT2D eigenvalue weighted by Crippen LogP contribution is 2.28. The van der Waals surface area contributed by atoms with Crippen molar-refractivity contribution in [3.8, 4) is 5.75 Å². The van der Waals surface area contributed by atoms with Gasteiger partial charge in [-0.2, -0.15) is 0 Å². The molecule has 2 nitrogen and oxygen atoms in total. The molecular weight excluding hydrogens is 162 g/mol. The van der Waals surface area contributed by atoms with E-state index in [4.69, 9.17) is 16.3 Å². The average Bonchev–Trinajstić information content (AvgIpc) is 1.99. The van der Waals surface area contributed by atoms with Crippen LogP contribution in [0.1, 0.15) is 11.3 Å². The molecule has 0 aromatic carbocycles. The highest BCUT2D eigenvalue weighted by atomic mass is 35.5. The molecule has 0 aliphatic rings. The number of aryl methyl sites for hydroxylation is 2. The second-order valence-corrected chi connectivity index (χ2v) is 2.75. The van der Waals surface area contributed by atoms with Gasteiger partial charge in [0.1, 0.15) is 0 Å². The summed E-state index contributed by atoms with van der Waals surface area (Å²) in [6.07, 6.45) is 1.74. The Hall–Kier alpha value is -0.760. The highest BCUT2D eigenvalue weighted by molar-refractivity contribution is 6.32. The van der Waals surface area contributed by atoms with Crippen LogP contribution in [-0.2, 0) is 0 Å². The number of rotatable bonds is 1. The van der Waals surface area contributed by atoms with Gasteiger partial charge in [0.2, 0.25) is 0 Å². The monoisotopic (exact) mass is 171 g/mol. The van der Waals surface area contributed by atoms with E-state index in [0.29, 0.717) is 10.8 Å². The largest absolute Gasteiger partial charge is 0.493 e. The Bertz CT molecular complexity index is 273. The summed E-state index contributed by atoms with van der Waals surface area (Å²) in [5.41, 5.74) is 1.76. The molecule has 0 N–H and O–H groups in total.